The van der Waals surface area contributed by atoms with Crippen molar-refractivity contribution in [2.75, 3.05) is 15.2 Å². The predicted molar refractivity (Wildman–Crippen MR) is 66.0 cm³/mol. The summed E-state index contributed by atoms with van der Waals surface area (Å²) in [4.78, 5) is 20.8. The summed E-state index contributed by atoms with van der Waals surface area (Å²) < 4.78 is 1.18. The zero-order valence-electron chi connectivity index (χ0n) is 7.93. The summed E-state index contributed by atoms with van der Waals surface area (Å²) in [6.07, 6.45) is 1.87. The molecule has 0 aliphatic carbocycles. The summed E-state index contributed by atoms with van der Waals surface area (Å²) in [5.41, 5.74) is 0. The van der Waals surface area contributed by atoms with E-state index in [1.807, 2.05) is 6.20 Å². The number of alkyl halides is 3. The van der Waals surface area contributed by atoms with Crippen LogP contribution in [0.15, 0.2) is 6.20 Å². The third kappa shape index (κ3) is 4.04. The molecule has 5 heteroatoms. The first-order chi connectivity index (χ1) is 6.08. The molecule has 0 atom stereocenters. The van der Waals surface area contributed by atoms with Crippen LogP contribution in [0.2, 0.25) is 0 Å². The first-order valence-electron chi connectivity index (χ1n) is 3.76. The van der Waals surface area contributed by atoms with E-state index in [0.717, 1.165) is 5.13 Å². The normalized spacial score (nSPS) is 11.2. The Morgan fingerprint density at radius 3 is 2.92 bits per heavy atom. The van der Waals surface area contributed by atoms with Crippen LogP contribution in [0, 0.1) is 0 Å². The number of nitrogens with zero attached hydrogens (tertiary/aromatic N) is 1. The fraction of sp³-hybridized carbons (Fsp3) is 0.500. The second kappa shape index (κ2) is 4.90. The average molecular weight is 312 g/mol. The van der Waals surface area contributed by atoms with Gasteiger partial charge in [0.2, 0.25) is 0 Å². The molecule has 0 aliphatic heterocycles. The van der Waals surface area contributed by atoms with Crippen molar-refractivity contribution in [3.8, 4) is 0 Å². The quantitative estimate of drug-likeness (QED) is 0.688. The number of carbonyl (C=O) groups is 1. The predicted octanol–water partition coefficient (Wildman–Crippen LogP) is 2.37. The van der Waals surface area contributed by atoms with Crippen LogP contribution in [0.3, 0.4) is 0 Å². The number of halogens is 1. The van der Waals surface area contributed by atoms with Crippen LogP contribution < -0.4 is 5.32 Å². The van der Waals surface area contributed by atoms with Crippen LogP contribution in [-0.4, -0.2) is 20.8 Å². The topological polar surface area (TPSA) is 42.0 Å². The number of hydrogen-bond acceptors (Lipinski definition) is 3. The number of rotatable bonds is 3. The van der Waals surface area contributed by atoms with Crippen LogP contribution in [-0.2, 0) is 9.22 Å². The van der Waals surface area contributed by atoms with Gasteiger partial charge >= 0.3 is 89.6 Å². The Hall–Kier alpha value is -0.170. The van der Waals surface area contributed by atoms with Crippen molar-refractivity contribution in [3.05, 3.63) is 11.1 Å². The molecular weight excluding hydrogens is 299 g/mol. The molecular formula is C8H13IN2OS. The molecule has 74 valence electrons. The second-order valence-corrected chi connectivity index (χ2v) is 9.95. The Labute approximate surface area is 89.3 Å². The molecule has 1 N–H and O–H groups in total. The van der Waals surface area contributed by atoms with Gasteiger partial charge in [-0.3, -0.25) is 0 Å². The third-order valence-corrected chi connectivity index (χ3v) is 5.01. The fourth-order valence-electron chi connectivity index (χ4n) is 0.841. The van der Waals surface area contributed by atoms with Gasteiger partial charge in [0.1, 0.15) is 0 Å². The van der Waals surface area contributed by atoms with Gasteiger partial charge in [0.05, 0.1) is 0 Å². The van der Waals surface area contributed by atoms with E-state index in [4.69, 9.17) is 0 Å². The number of nitrogens with one attached hydrogen (secondary N) is 1. The summed E-state index contributed by atoms with van der Waals surface area (Å²) >= 11 is 0.871. The maximum atomic E-state index is 10.7. The molecule has 3 nitrogen and oxygen atoms in total. The van der Waals surface area contributed by atoms with Gasteiger partial charge in [-0.15, -0.1) is 0 Å². The Morgan fingerprint density at radius 1 is 1.69 bits per heavy atom. The molecule has 0 aliphatic rings. The monoisotopic (exact) mass is 312 g/mol. The summed E-state index contributed by atoms with van der Waals surface area (Å²) in [7, 11) is 0. The Bertz CT molecular complexity index is 298. The summed E-state index contributed by atoms with van der Waals surface area (Å²) in [5, 5.41) is 3.41. The van der Waals surface area contributed by atoms with Crippen LogP contribution in [0.4, 0.5) is 5.13 Å². The van der Waals surface area contributed by atoms with Crippen molar-refractivity contribution in [2.45, 2.75) is 11.4 Å². The average Bonchev–Trinajstić information content (AvgIpc) is 2.33. The van der Waals surface area contributed by atoms with Gasteiger partial charge in [0.15, 0.2) is 0 Å². The number of hydrogen-bond donors (Lipinski definition) is 1. The first kappa shape index (κ1) is 10.9. The van der Waals surface area contributed by atoms with Crippen molar-refractivity contribution in [1.29, 1.82) is 0 Å². The van der Waals surface area contributed by atoms with E-state index in [9.17, 15) is 4.79 Å². The molecule has 0 unspecified atom stereocenters. The van der Waals surface area contributed by atoms with E-state index >= 15 is 0 Å². The molecule has 0 aromatic carbocycles. The molecule has 0 saturated carbocycles. The number of carbonyl (C=O) groups excluding carboxylic acids is 1. The van der Waals surface area contributed by atoms with Crippen LogP contribution in [0.5, 0.6) is 0 Å². The van der Waals surface area contributed by atoms with Crippen molar-refractivity contribution in [3.63, 3.8) is 0 Å². The molecule has 1 rings (SSSR count). The van der Waals surface area contributed by atoms with E-state index in [1.54, 1.807) is 11.3 Å². The van der Waals surface area contributed by atoms with E-state index in [2.05, 4.69) is 20.2 Å². The van der Waals surface area contributed by atoms with Gasteiger partial charge in [0.25, 0.3) is 0 Å². The van der Waals surface area contributed by atoms with E-state index < -0.39 is 19.8 Å². The van der Waals surface area contributed by atoms with Gasteiger partial charge in [0, 0.05) is 0 Å². The van der Waals surface area contributed by atoms with Gasteiger partial charge in [-0.25, -0.2) is 0 Å². The van der Waals surface area contributed by atoms with Gasteiger partial charge < -0.3 is 0 Å². The Balaban J connectivity index is 2.58. The maximum absolute atomic E-state index is 10.7. The second-order valence-electron chi connectivity index (χ2n) is 2.86. The minimum absolute atomic E-state index is 0.0516. The summed E-state index contributed by atoms with van der Waals surface area (Å²) in [6.45, 7) is 1.50. The van der Waals surface area contributed by atoms with Crippen LogP contribution in [0.1, 0.15) is 11.8 Å². The zero-order chi connectivity index (χ0) is 9.84. The van der Waals surface area contributed by atoms with E-state index in [1.165, 1.54) is 16.2 Å². The Morgan fingerprint density at radius 2 is 2.38 bits per heavy atom. The zero-order valence-corrected chi connectivity index (χ0v) is 10.9. The molecule has 0 spiro atoms. The minimum atomic E-state index is -0.714. The molecule has 1 amide bonds. The van der Waals surface area contributed by atoms with Crippen molar-refractivity contribution in [1.82, 2.24) is 4.98 Å². The van der Waals surface area contributed by atoms with E-state index in [0.29, 0.717) is 0 Å². The Kier molecular flexibility index (Phi) is 4.11. The van der Waals surface area contributed by atoms with Gasteiger partial charge in [-0.05, 0) is 0 Å². The molecule has 13 heavy (non-hydrogen) atoms. The third-order valence-electron chi connectivity index (χ3n) is 1.24. The number of anilines is 1. The van der Waals surface area contributed by atoms with E-state index in [-0.39, 0.29) is 5.91 Å². The molecule has 0 radical (unpaired) electrons. The van der Waals surface area contributed by atoms with Crippen LogP contribution >= 0.6 is 31.2 Å². The van der Waals surface area contributed by atoms with Crippen LogP contribution in [0.25, 0.3) is 0 Å². The standard InChI is InChI=1S/C8H13IN2OS/c1-6(12)11-8-10-5-7(13-8)4-9(2)3/h5H,4H2,1-3H3,(H,10,11,12). The van der Waals surface area contributed by atoms with Crippen molar-refractivity contribution < 1.29 is 4.79 Å². The number of thiazole rings is 1. The first-order valence-corrected chi connectivity index (χ1v) is 10.4. The van der Waals surface area contributed by atoms with Crippen molar-refractivity contribution >= 4 is 42.2 Å². The number of amides is 1. The number of aromatic nitrogens is 1. The molecule has 1 heterocycles. The molecule has 0 saturated heterocycles. The van der Waals surface area contributed by atoms with Gasteiger partial charge in [-0.1, -0.05) is 0 Å². The SMILES string of the molecule is CC(=O)Nc1ncc(CI(C)C)s1. The molecule has 1 aromatic rings. The van der Waals surface area contributed by atoms with Gasteiger partial charge in [-0.2, -0.15) is 0 Å². The molecule has 0 fully saturated rings. The fourth-order valence-corrected chi connectivity index (χ4v) is 5.18. The summed E-state index contributed by atoms with van der Waals surface area (Å²) in [6, 6.07) is 0. The molecule has 0 bridgehead atoms. The molecule has 1 aromatic heterocycles. The summed E-state index contributed by atoms with van der Waals surface area (Å²) in [5.74, 6) is -0.0516. The van der Waals surface area contributed by atoms with Crippen molar-refractivity contribution in [2.24, 2.45) is 0 Å².